The smallest absolute Gasteiger partial charge is 0.338 e. The Labute approximate surface area is 121 Å². The molecule has 1 saturated heterocycles. The second-order valence-corrected chi connectivity index (χ2v) is 4.86. The first kappa shape index (κ1) is 18.1. The van der Waals surface area contributed by atoms with E-state index in [0.717, 1.165) is 32.7 Å². The number of quaternary nitrogens is 1. The second kappa shape index (κ2) is 8.30. The maximum atomic E-state index is 12.1. The van der Waals surface area contributed by atoms with Crippen molar-refractivity contribution in [2.24, 2.45) is 5.73 Å². The van der Waals surface area contributed by atoms with Gasteiger partial charge >= 0.3 is 5.91 Å². The van der Waals surface area contributed by atoms with E-state index < -0.39 is 0 Å². The van der Waals surface area contributed by atoms with Gasteiger partial charge in [0.15, 0.2) is 0 Å². The summed E-state index contributed by atoms with van der Waals surface area (Å²) in [5.74, 6) is -0.235. The Bertz CT molecular complexity index is 326. The molecule has 5 nitrogen and oxygen atoms in total. The molecule has 0 atom stereocenters. The van der Waals surface area contributed by atoms with Gasteiger partial charge in [-0.25, -0.2) is 4.79 Å². The first-order valence-electron chi connectivity index (χ1n) is 6.58. The van der Waals surface area contributed by atoms with Gasteiger partial charge in [0.05, 0.1) is 19.6 Å². The summed E-state index contributed by atoms with van der Waals surface area (Å²) in [7, 11) is 0. The highest BCUT2D eigenvalue weighted by molar-refractivity contribution is 5.81. The first-order chi connectivity index (χ1) is 8.54. The standard InChI is InChI=1S/C13H23N3O2.ClH/c1-3-13(18)16(9-5-6-12(14)17)10-7-15(4-2)8-11-16;/h3H,1,4-11H2,2H3,(H-,14,17);1H. The molecule has 2 N–H and O–H groups in total. The van der Waals surface area contributed by atoms with Crippen LogP contribution in [0.3, 0.4) is 0 Å². The molecule has 1 fully saturated rings. The number of hydrogen-bond acceptors (Lipinski definition) is 3. The molecule has 19 heavy (non-hydrogen) atoms. The summed E-state index contributed by atoms with van der Waals surface area (Å²) in [4.78, 5) is 25.2. The zero-order chi connectivity index (χ0) is 13.6. The van der Waals surface area contributed by atoms with Crippen molar-refractivity contribution in [3.63, 3.8) is 0 Å². The van der Waals surface area contributed by atoms with Gasteiger partial charge in [0, 0.05) is 32.0 Å². The number of carbonyl (C=O) groups is 2. The van der Waals surface area contributed by atoms with Gasteiger partial charge in [0.1, 0.15) is 0 Å². The molecule has 110 valence electrons. The molecular formula is C13H24ClN3O2. The predicted octanol–water partition coefficient (Wildman–Crippen LogP) is -2.88. The Morgan fingerprint density at radius 3 is 2.37 bits per heavy atom. The zero-order valence-electron chi connectivity index (χ0n) is 11.6. The van der Waals surface area contributed by atoms with Crippen LogP contribution in [0.25, 0.3) is 0 Å². The quantitative estimate of drug-likeness (QED) is 0.422. The Morgan fingerprint density at radius 2 is 1.95 bits per heavy atom. The van der Waals surface area contributed by atoms with Crippen molar-refractivity contribution in [2.45, 2.75) is 19.8 Å². The molecule has 0 saturated carbocycles. The highest BCUT2D eigenvalue weighted by atomic mass is 35.5. The summed E-state index contributed by atoms with van der Waals surface area (Å²) in [5, 5.41) is 0. The van der Waals surface area contributed by atoms with Crippen LogP contribution in [-0.2, 0) is 9.59 Å². The molecule has 1 aliphatic heterocycles. The monoisotopic (exact) mass is 289 g/mol. The van der Waals surface area contributed by atoms with Crippen LogP contribution < -0.4 is 18.1 Å². The lowest BCUT2D eigenvalue weighted by Crippen LogP contribution is -3.00. The van der Waals surface area contributed by atoms with E-state index in [1.807, 2.05) is 0 Å². The van der Waals surface area contributed by atoms with E-state index in [9.17, 15) is 9.59 Å². The SMILES string of the molecule is C=CC(=O)[N+]1(CCCC(N)=O)CCN(CC)CC1.[Cl-]. The third-order valence-corrected chi connectivity index (χ3v) is 3.79. The molecular weight excluding hydrogens is 266 g/mol. The van der Waals surface area contributed by atoms with Crippen LogP contribution in [0.5, 0.6) is 0 Å². The third-order valence-electron chi connectivity index (χ3n) is 3.79. The lowest BCUT2D eigenvalue weighted by atomic mass is 10.1. The molecule has 0 spiro atoms. The molecule has 0 aromatic carbocycles. The molecule has 2 amide bonds. The van der Waals surface area contributed by atoms with Crippen molar-refractivity contribution in [1.29, 1.82) is 0 Å². The second-order valence-electron chi connectivity index (χ2n) is 4.86. The highest BCUT2D eigenvalue weighted by Gasteiger charge is 2.37. The molecule has 6 heteroatoms. The number of likely N-dealkylation sites (N-methyl/N-ethyl adjacent to an activating group) is 1. The number of piperazine rings is 1. The summed E-state index contributed by atoms with van der Waals surface area (Å²) < 4.78 is 0.424. The van der Waals surface area contributed by atoms with Crippen molar-refractivity contribution >= 4 is 11.8 Å². The molecule has 0 aromatic rings. The molecule has 0 radical (unpaired) electrons. The number of nitrogens with zero attached hydrogens (tertiary/aromatic N) is 2. The summed E-state index contributed by atoms with van der Waals surface area (Å²) in [6, 6.07) is 0. The van der Waals surface area contributed by atoms with Crippen molar-refractivity contribution in [3.05, 3.63) is 12.7 Å². The van der Waals surface area contributed by atoms with Crippen LogP contribution in [0, 0.1) is 0 Å². The minimum atomic E-state index is -0.300. The normalized spacial score (nSPS) is 18.4. The maximum absolute atomic E-state index is 12.1. The van der Waals surface area contributed by atoms with E-state index in [1.54, 1.807) is 0 Å². The zero-order valence-corrected chi connectivity index (χ0v) is 12.4. The van der Waals surface area contributed by atoms with Crippen LogP contribution in [0.2, 0.25) is 0 Å². The van der Waals surface area contributed by atoms with Gasteiger partial charge in [-0.3, -0.25) is 14.2 Å². The predicted molar refractivity (Wildman–Crippen MR) is 70.6 cm³/mol. The molecule has 0 aliphatic carbocycles. The lowest BCUT2D eigenvalue weighted by Gasteiger charge is -2.41. The summed E-state index contributed by atoms with van der Waals surface area (Å²) in [5.41, 5.74) is 5.14. The Kier molecular flexibility index (Phi) is 7.90. The summed E-state index contributed by atoms with van der Waals surface area (Å²) in [6.45, 7) is 10.9. The fourth-order valence-corrected chi connectivity index (χ4v) is 2.51. The number of nitrogens with two attached hydrogens (primary N) is 1. The fraction of sp³-hybridized carbons (Fsp3) is 0.692. The number of amides is 2. The van der Waals surface area contributed by atoms with Crippen molar-refractivity contribution in [1.82, 2.24) is 4.90 Å². The van der Waals surface area contributed by atoms with Gasteiger partial charge in [-0.1, -0.05) is 13.5 Å². The number of halogens is 1. The Hall–Kier alpha value is -0.910. The number of primary amides is 1. The summed E-state index contributed by atoms with van der Waals surface area (Å²) in [6.07, 6.45) is 2.43. The molecule has 1 aliphatic rings. The average molecular weight is 290 g/mol. The van der Waals surface area contributed by atoms with Crippen LogP contribution >= 0.6 is 0 Å². The molecule has 0 aromatic heterocycles. The van der Waals surface area contributed by atoms with Gasteiger partial charge in [-0.2, -0.15) is 0 Å². The van der Waals surface area contributed by atoms with E-state index in [2.05, 4.69) is 18.4 Å². The van der Waals surface area contributed by atoms with Crippen LogP contribution in [0.4, 0.5) is 0 Å². The fourth-order valence-electron chi connectivity index (χ4n) is 2.51. The van der Waals surface area contributed by atoms with Crippen molar-refractivity contribution in [2.75, 3.05) is 39.3 Å². The number of carbonyl (C=O) groups excluding carboxylic acids is 2. The summed E-state index contributed by atoms with van der Waals surface area (Å²) >= 11 is 0. The largest absolute Gasteiger partial charge is 1.00 e. The lowest BCUT2D eigenvalue weighted by molar-refractivity contribution is -0.857. The molecule has 1 rings (SSSR count). The molecule has 0 bridgehead atoms. The van der Waals surface area contributed by atoms with Gasteiger partial charge < -0.3 is 18.1 Å². The van der Waals surface area contributed by atoms with Crippen LogP contribution in [0.15, 0.2) is 12.7 Å². The Balaban J connectivity index is 0.00000324. The first-order valence-corrected chi connectivity index (χ1v) is 6.58. The number of rotatable bonds is 6. The average Bonchev–Trinajstić information content (AvgIpc) is 2.38. The third kappa shape index (κ3) is 4.93. The van der Waals surface area contributed by atoms with Crippen molar-refractivity contribution in [3.8, 4) is 0 Å². The van der Waals surface area contributed by atoms with Gasteiger partial charge in [0.2, 0.25) is 5.91 Å². The maximum Gasteiger partial charge on any atom is 0.338 e. The van der Waals surface area contributed by atoms with E-state index in [1.165, 1.54) is 6.08 Å². The minimum absolute atomic E-state index is 0. The highest BCUT2D eigenvalue weighted by Crippen LogP contribution is 2.16. The van der Waals surface area contributed by atoms with E-state index in [-0.39, 0.29) is 24.2 Å². The van der Waals surface area contributed by atoms with Crippen molar-refractivity contribution < 1.29 is 26.5 Å². The topological polar surface area (TPSA) is 63.4 Å². The van der Waals surface area contributed by atoms with Crippen LogP contribution in [0.1, 0.15) is 19.8 Å². The Morgan fingerprint density at radius 1 is 1.37 bits per heavy atom. The van der Waals surface area contributed by atoms with E-state index >= 15 is 0 Å². The van der Waals surface area contributed by atoms with Gasteiger partial charge in [-0.05, 0) is 6.54 Å². The van der Waals surface area contributed by atoms with E-state index in [0.29, 0.717) is 23.9 Å². The molecule has 1 heterocycles. The minimum Gasteiger partial charge on any atom is -1.00 e. The van der Waals surface area contributed by atoms with E-state index in [4.69, 9.17) is 5.73 Å². The molecule has 0 unspecified atom stereocenters. The number of hydrogen-bond donors (Lipinski definition) is 1. The van der Waals surface area contributed by atoms with Crippen LogP contribution in [-0.4, -0.2) is 60.5 Å². The van der Waals surface area contributed by atoms with Gasteiger partial charge in [-0.15, -0.1) is 0 Å². The van der Waals surface area contributed by atoms with Gasteiger partial charge in [0.25, 0.3) is 0 Å².